The van der Waals surface area contributed by atoms with E-state index in [1.165, 1.54) is 0 Å². The number of anilines is 2. The maximum atomic E-state index is 12.7. The van der Waals surface area contributed by atoms with Crippen LogP contribution in [0, 0.1) is 6.92 Å². The van der Waals surface area contributed by atoms with E-state index in [2.05, 4.69) is 20.6 Å². The van der Waals surface area contributed by atoms with Gasteiger partial charge in [0.1, 0.15) is 11.5 Å². The summed E-state index contributed by atoms with van der Waals surface area (Å²) in [6, 6.07) is 18.9. The first-order valence-electron chi connectivity index (χ1n) is 8.71. The van der Waals surface area contributed by atoms with E-state index < -0.39 is 0 Å². The molecule has 0 saturated carbocycles. The molecule has 0 aliphatic heterocycles. The Morgan fingerprint density at radius 3 is 2.59 bits per heavy atom. The molecule has 6 nitrogen and oxygen atoms in total. The van der Waals surface area contributed by atoms with Crippen molar-refractivity contribution in [2.45, 2.75) is 6.92 Å². The minimum absolute atomic E-state index is 0.282. The first kappa shape index (κ1) is 18.5. The van der Waals surface area contributed by atoms with Gasteiger partial charge in [0.25, 0.3) is 5.91 Å². The van der Waals surface area contributed by atoms with E-state index in [0.29, 0.717) is 30.5 Å². The lowest BCUT2D eigenvalue weighted by Gasteiger charge is -2.11. The third-order valence-corrected chi connectivity index (χ3v) is 3.88. The molecular formula is C21H22N4O2. The van der Waals surface area contributed by atoms with Gasteiger partial charge in [-0.25, -0.2) is 9.97 Å². The molecule has 0 unspecified atom stereocenters. The molecule has 0 saturated heterocycles. The lowest BCUT2D eigenvalue weighted by molar-refractivity contribution is 0.102. The molecule has 27 heavy (non-hydrogen) atoms. The fourth-order valence-corrected chi connectivity index (χ4v) is 2.57. The van der Waals surface area contributed by atoms with Crippen LogP contribution in [0.3, 0.4) is 0 Å². The minimum atomic E-state index is -0.282. The predicted octanol–water partition coefficient (Wildman–Crippen LogP) is 3.76. The molecule has 6 heteroatoms. The van der Waals surface area contributed by atoms with Crippen LogP contribution in [0.1, 0.15) is 16.1 Å². The van der Waals surface area contributed by atoms with E-state index in [0.717, 1.165) is 16.8 Å². The second-order valence-corrected chi connectivity index (χ2v) is 6.07. The number of nitrogens with zero attached hydrogens (tertiary/aromatic N) is 2. The normalized spacial score (nSPS) is 10.4. The summed E-state index contributed by atoms with van der Waals surface area (Å²) in [4.78, 5) is 21.7. The van der Waals surface area contributed by atoms with Crippen LogP contribution in [0.5, 0.6) is 0 Å². The van der Waals surface area contributed by atoms with Crippen molar-refractivity contribution < 1.29 is 9.53 Å². The molecule has 0 aliphatic carbocycles. The molecule has 3 aromatic rings. The molecule has 2 N–H and O–H groups in total. The molecule has 0 radical (unpaired) electrons. The van der Waals surface area contributed by atoms with Crippen LogP contribution in [0.4, 0.5) is 11.5 Å². The molecule has 138 valence electrons. The van der Waals surface area contributed by atoms with Gasteiger partial charge in [0.2, 0.25) is 0 Å². The highest BCUT2D eigenvalue weighted by molar-refractivity contribution is 6.03. The Bertz CT molecular complexity index is 913. The standard InChI is InChI=1S/C21H22N4O2/c1-15-7-6-10-17(13-15)23-21(26)18-14-19(22-11-12-27-2)25-20(24-18)16-8-4-3-5-9-16/h3-10,13-14H,11-12H2,1-2H3,(H,23,26)(H,22,24,25). The fraction of sp³-hybridized carbons (Fsp3) is 0.190. The number of carbonyl (C=O) groups is 1. The van der Waals surface area contributed by atoms with E-state index in [1.54, 1.807) is 13.2 Å². The summed E-state index contributed by atoms with van der Waals surface area (Å²) >= 11 is 0. The predicted molar refractivity (Wildman–Crippen MR) is 107 cm³/mol. The number of rotatable bonds is 7. The van der Waals surface area contributed by atoms with Gasteiger partial charge in [0.05, 0.1) is 6.61 Å². The Labute approximate surface area is 158 Å². The number of benzene rings is 2. The van der Waals surface area contributed by atoms with Gasteiger partial charge < -0.3 is 15.4 Å². The molecule has 0 aliphatic rings. The van der Waals surface area contributed by atoms with E-state index in [4.69, 9.17) is 4.74 Å². The van der Waals surface area contributed by atoms with Gasteiger partial charge in [-0.2, -0.15) is 0 Å². The van der Waals surface area contributed by atoms with Crippen LogP contribution in [-0.4, -0.2) is 36.1 Å². The van der Waals surface area contributed by atoms with Gasteiger partial charge >= 0.3 is 0 Å². The third kappa shape index (κ3) is 5.12. The minimum Gasteiger partial charge on any atom is -0.383 e. The SMILES string of the molecule is COCCNc1cc(C(=O)Nc2cccc(C)c2)nc(-c2ccccc2)n1. The van der Waals surface area contributed by atoms with E-state index >= 15 is 0 Å². The van der Waals surface area contributed by atoms with Crippen LogP contribution in [0.15, 0.2) is 60.7 Å². The zero-order chi connectivity index (χ0) is 19.1. The maximum Gasteiger partial charge on any atom is 0.274 e. The van der Waals surface area contributed by atoms with Crippen molar-refractivity contribution in [1.29, 1.82) is 0 Å². The second kappa shape index (κ2) is 8.91. The molecule has 0 spiro atoms. The molecule has 0 bridgehead atoms. The Hall–Kier alpha value is -3.25. The van der Waals surface area contributed by atoms with Crippen molar-refractivity contribution in [2.75, 3.05) is 30.9 Å². The Balaban J connectivity index is 1.90. The average molecular weight is 362 g/mol. The van der Waals surface area contributed by atoms with Gasteiger partial charge in [0, 0.05) is 31.0 Å². The Morgan fingerprint density at radius 1 is 1.04 bits per heavy atom. The zero-order valence-electron chi connectivity index (χ0n) is 15.4. The third-order valence-electron chi connectivity index (χ3n) is 3.88. The first-order valence-corrected chi connectivity index (χ1v) is 8.71. The van der Waals surface area contributed by atoms with Crippen molar-refractivity contribution in [1.82, 2.24) is 9.97 Å². The summed E-state index contributed by atoms with van der Waals surface area (Å²) in [6.07, 6.45) is 0. The summed E-state index contributed by atoms with van der Waals surface area (Å²) < 4.78 is 5.06. The molecule has 0 fully saturated rings. The van der Waals surface area contributed by atoms with Crippen molar-refractivity contribution >= 4 is 17.4 Å². The van der Waals surface area contributed by atoms with Crippen LogP contribution >= 0.6 is 0 Å². The molecule has 1 amide bonds. The quantitative estimate of drug-likeness (QED) is 0.626. The average Bonchev–Trinajstić information content (AvgIpc) is 2.69. The number of aromatic nitrogens is 2. The van der Waals surface area contributed by atoms with Crippen LogP contribution < -0.4 is 10.6 Å². The number of methoxy groups -OCH3 is 1. The van der Waals surface area contributed by atoms with Gasteiger partial charge in [-0.3, -0.25) is 4.79 Å². The zero-order valence-corrected chi connectivity index (χ0v) is 15.4. The van der Waals surface area contributed by atoms with Crippen LogP contribution in [0.2, 0.25) is 0 Å². The lowest BCUT2D eigenvalue weighted by atomic mass is 10.2. The number of aryl methyl sites for hydroxylation is 1. The summed E-state index contributed by atoms with van der Waals surface area (Å²) in [5.74, 6) is 0.790. The van der Waals surface area contributed by atoms with Crippen molar-refractivity contribution in [2.24, 2.45) is 0 Å². The molecular weight excluding hydrogens is 340 g/mol. The molecule has 0 atom stereocenters. The number of carbonyl (C=O) groups excluding carboxylic acids is 1. The van der Waals surface area contributed by atoms with Gasteiger partial charge in [-0.1, -0.05) is 42.5 Å². The summed E-state index contributed by atoms with van der Waals surface area (Å²) in [5.41, 5.74) is 2.94. The number of hydrogen-bond donors (Lipinski definition) is 2. The smallest absolute Gasteiger partial charge is 0.274 e. The number of hydrogen-bond acceptors (Lipinski definition) is 5. The molecule has 2 aromatic carbocycles. The summed E-state index contributed by atoms with van der Waals surface area (Å²) in [5, 5.41) is 6.06. The topological polar surface area (TPSA) is 76.1 Å². The van der Waals surface area contributed by atoms with Crippen LogP contribution in [-0.2, 0) is 4.74 Å². The van der Waals surface area contributed by atoms with Crippen LogP contribution in [0.25, 0.3) is 11.4 Å². The lowest BCUT2D eigenvalue weighted by Crippen LogP contribution is -2.16. The first-order chi connectivity index (χ1) is 13.2. The van der Waals surface area contributed by atoms with Crippen molar-refractivity contribution in [3.8, 4) is 11.4 Å². The Morgan fingerprint density at radius 2 is 1.85 bits per heavy atom. The van der Waals surface area contributed by atoms with Gasteiger partial charge in [-0.05, 0) is 24.6 Å². The molecule has 1 heterocycles. The van der Waals surface area contributed by atoms with E-state index in [-0.39, 0.29) is 5.91 Å². The highest BCUT2D eigenvalue weighted by Crippen LogP contribution is 2.19. The van der Waals surface area contributed by atoms with Crippen molar-refractivity contribution in [3.05, 3.63) is 71.9 Å². The highest BCUT2D eigenvalue weighted by Gasteiger charge is 2.13. The number of amides is 1. The highest BCUT2D eigenvalue weighted by atomic mass is 16.5. The van der Waals surface area contributed by atoms with E-state index in [1.807, 2.05) is 61.5 Å². The van der Waals surface area contributed by atoms with Gasteiger partial charge in [-0.15, -0.1) is 0 Å². The fourth-order valence-electron chi connectivity index (χ4n) is 2.57. The second-order valence-electron chi connectivity index (χ2n) is 6.07. The largest absolute Gasteiger partial charge is 0.383 e. The Kier molecular flexibility index (Phi) is 6.12. The number of ether oxygens (including phenoxy) is 1. The molecule has 1 aromatic heterocycles. The maximum absolute atomic E-state index is 12.7. The monoisotopic (exact) mass is 362 g/mol. The summed E-state index contributed by atoms with van der Waals surface area (Å²) in [6.45, 7) is 3.10. The van der Waals surface area contributed by atoms with Crippen molar-refractivity contribution in [3.63, 3.8) is 0 Å². The van der Waals surface area contributed by atoms with Gasteiger partial charge in [0.15, 0.2) is 5.82 Å². The van der Waals surface area contributed by atoms with E-state index in [9.17, 15) is 4.79 Å². The number of nitrogens with one attached hydrogen (secondary N) is 2. The molecule has 3 rings (SSSR count). The summed E-state index contributed by atoms with van der Waals surface area (Å²) in [7, 11) is 1.64.